The minimum absolute atomic E-state index is 0.222. The number of hydrogen-bond donors (Lipinski definition) is 2. The normalized spacial score (nSPS) is 10.4. The number of benzene rings is 2. The Hall–Kier alpha value is -1.81. The molecule has 2 N–H and O–H groups in total. The van der Waals surface area contributed by atoms with Crippen LogP contribution in [-0.4, -0.2) is 25.5 Å². The second kappa shape index (κ2) is 9.93. The summed E-state index contributed by atoms with van der Waals surface area (Å²) in [7, 11) is 1.56. The third-order valence-electron chi connectivity index (χ3n) is 3.71. The van der Waals surface area contributed by atoms with Gasteiger partial charge in [-0.05, 0) is 80.3 Å². The van der Waals surface area contributed by atoms with E-state index in [1.54, 1.807) is 25.3 Å². The summed E-state index contributed by atoms with van der Waals surface area (Å²) in [5, 5.41) is 0. The largest absolute Gasteiger partial charge is 0.496 e. The van der Waals surface area contributed by atoms with Gasteiger partial charge in [0.25, 0.3) is 11.8 Å². The zero-order valence-corrected chi connectivity index (χ0v) is 18.9. The molecule has 0 aromatic heterocycles. The number of rotatable bonds is 6. The van der Waals surface area contributed by atoms with Crippen LogP contribution >= 0.6 is 38.5 Å². The molecular formula is C19H20BrIN2O4. The Balaban J connectivity index is 1.86. The molecule has 0 aliphatic heterocycles. The smallest absolute Gasteiger partial charge is 0.276 e. The van der Waals surface area contributed by atoms with E-state index < -0.39 is 11.8 Å². The number of nitrogens with one attached hydrogen (secondary N) is 2. The molecule has 0 spiro atoms. The molecule has 0 unspecified atom stereocenters. The average Bonchev–Trinajstić information content (AvgIpc) is 2.64. The molecule has 0 radical (unpaired) electrons. The number of carbonyl (C=O) groups excluding carboxylic acids is 2. The minimum atomic E-state index is -0.466. The first-order valence-electron chi connectivity index (χ1n) is 8.16. The van der Waals surface area contributed by atoms with Crippen molar-refractivity contribution in [2.75, 3.05) is 13.7 Å². The highest BCUT2D eigenvalue weighted by Crippen LogP contribution is 2.28. The molecule has 2 amide bonds. The number of carbonyl (C=O) groups is 2. The maximum Gasteiger partial charge on any atom is 0.276 e. The van der Waals surface area contributed by atoms with Gasteiger partial charge < -0.3 is 9.47 Å². The van der Waals surface area contributed by atoms with Gasteiger partial charge >= 0.3 is 0 Å². The molecule has 0 aliphatic rings. The Morgan fingerprint density at radius 1 is 1.11 bits per heavy atom. The summed E-state index contributed by atoms with van der Waals surface area (Å²) in [6.45, 7) is 3.98. The molecule has 2 rings (SSSR count). The molecule has 0 saturated heterocycles. The van der Waals surface area contributed by atoms with Crippen molar-refractivity contribution < 1.29 is 19.1 Å². The van der Waals surface area contributed by atoms with Crippen LogP contribution in [0.5, 0.6) is 11.5 Å². The molecular weight excluding hydrogens is 527 g/mol. The van der Waals surface area contributed by atoms with Crippen LogP contribution < -0.4 is 20.3 Å². The van der Waals surface area contributed by atoms with E-state index in [9.17, 15) is 9.59 Å². The van der Waals surface area contributed by atoms with Crippen LogP contribution in [0.4, 0.5) is 0 Å². The van der Waals surface area contributed by atoms with E-state index in [2.05, 4.69) is 63.2 Å². The summed E-state index contributed by atoms with van der Waals surface area (Å²) >= 11 is 5.51. The Kier molecular flexibility index (Phi) is 7.91. The molecule has 144 valence electrons. The zero-order valence-electron chi connectivity index (χ0n) is 15.1. The maximum absolute atomic E-state index is 12.1. The lowest BCUT2D eigenvalue weighted by molar-refractivity contribution is -0.123. The first-order valence-corrected chi connectivity index (χ1v) is 10.0. The van der Waals surface area contributed by atoms with Crippen LogP contribution in [-0.2, 0) is 4.79 Å². The zero-order chi connectivity index (χ0) is 20.0. The predicted molar refractivity (Wildman–Crippen MR) is 115 cm³/mol. The van der Waals surface area contributed by atoms with Crippen LogP contribution in [0.2, 0.25) is 0 Å². The van der Waals surface area contributed by atoms with Gasteiger partial charge in [0.1, 0.15) is 11.5 Å². The van der Waals surface area contributed by atoms with Crippen molar-refractivity contribution in [1.82, 2.24) is 10.9 Å². The third kappa shape index (κ3) is 6.10. The standard InChI is InChI=1S/C19H20BrIN2O4/c1-11(2)12-4-6-16(14(20)8-12)27-10-18(24)22-23-19(25)13-5-7-17(26-3)15(21)9-13/h4-9,11H,10H2,1-3H3,(H,22,24)(H,23,25). The van der Waals surface area contributed by atoms with Crippen LogP contribution in [0.3, 0.4) is 0 Å². The summed E-state index contributed by atoms with van der Waals surface area (Å²) in [6, 6.07) is 10.7. The molecule has 27 heavy (non-hydrogen) atoms. The number of ether oxygens (including phenoxy) is 2. The van der Waals surface area contributed by atoms with Gasteiger partial charge in [-0.25, -0.2) is 0 Å². The van der Waals surface area contributed by atoms with E-state index >= 15 is 0 Å². The summed E-state index contributed by atoms with van der Waals surface area (Å²) in [4.78, 5) is 24.0. The van der Waals surface area contributed by atoms with Crippen molar-refractivity contribution in [2.24, 2.45) is 0 Å². The van der Waals surface area contributed by atoms with Crippen molar-refractivity contribution in [3.05, 3.63) is 55.6 Å². The van der Waals surface area contributed by atoms with E-state index in [1.807, 2.05) is 18.2 Å². The quantitative estimate of drug-likeness (QED) is 0.424. The first-order chi connectivity index (χ1) is 12.8. The molecule has 0 fully saturated rings. The van der Waals surface area contributed by atoms with Crippen LogP contribution in [0.25, 0.3) is 0 Å². The average molecular weight is 547 g/mol. The monoisotopic (exact) mass is 546 g/mol. The SMILES string of the molecule is COc1ccc(C(=O)NNC(=O)COc2ccc(C(C)C)cc2Br)cc1I. The second-order valence-electron chi connectivity index (χ2n) is 5.98. The molecule has 0 heterocycles. The van der Waals surface area contributed by atoms with E-state index in [1.165, 1.54) is 5.56 Å². The van der Waals surface area contributed by atoms with Crippen molar-refractivity contribution in [2.45, 2.75) is 19.8 Å². The highest BCUT2D eigenvalue weighted by molar-refractivity contribution is 14.1. The summed E-state index contributed by atoms with van der Waals surface area (Å²) in [5.41, 5.74) is 6.28. The summed E-state index contributed by atoms with van der Waals surface area (Å²) in [6.07, 6.45) is 0. The fourth-order valence-corrected chi connectivity index (χ4v) is 3.43. The molecule has 2 aromatic rings. The van der Waals surface area contributed by atoms with E-state index in [0.717, 1.165) is 8.04 Å². The second-order valence-corrected chi connectivity index (χ2v) is 8.00. The number of amides is 2. The van der Waals surface area contributed by atoms with Gasteiger partial charge in [0.15, 0.2) is 6.61 Å². The molecule has 6 nitrogen and oxygen atoms in total. The van der Waals surface area contributed by atoms with Crippen molar-refractivity contribution >= 4 is 50.3 Å². The highest BCUT2D eigenvalue weighted by atomic mass is 127. The van der Waals surface area contributed by atoms with Crippen LogP contribution in [0.15, 0.2) is 40.9 Å². The van der Waals surface area contributed by atoms with Gasteiger partial charge in [-0.3, -0.25) is 20.4 Å². The molecule has 0 bridgehead atoms. The molecule has 8 heteroatoms. The van der Waals surface area contributed by atoms with Gasteiger partial charge in [-0.1, -0.05) is 19.9 Å². The maximum atomic E-state index is 12.1. The van der Waals surface area contributed by atoms with Crippen molar-refractivity contribution in [1.29, 1.82) is 0 Å². The summed E-state index contributed by atoms with van der Waals surface area (Å²) in [5.74, 6) is 0.747. The lowest BCUT2D eigenvalue weighted by atomic mass is 10.0. The third-order valence-corrected chi connectivity index (χ3v) is 5.17. The van der Waals surface area contributed by atoms with E-state index in [-0.39, 0.29) is 6.61 Å². The van der Waals surface area contributed by atoms with Gasteiger partial charge in [-0.2, -0.15) is 0 Å². The summed E-state index contributed by atoms with van der Waals surface area (Å²) < 4.78 is 12.2. The van der Waals surface area contributed by atoms with Crippen molar-refractivity contribution in [3.8, 4) is 11.5 Å². The molecule has 0 saturated carbocycles. The molecule has 2 aromatic carbocycles. The fourth-order valence-electron chi connectivity index (χ4n) is 2.18. The topological polar surface area (TPSA) is 76.7 Å². The van der Waals surface area contributed by atoms with E-state index in [0.29, 0.717) is 23.0 Å². The van der Waals surface area contributed by atoms with Crippen LogP contribution in [0, 0.1) is 3.57 Å². The molecule has 0 atom stereocenters. The Labute approximate surface area is 180 Å². The Morgan fingerprint density at radius 3 is 2.41 bits per heavy atom. The first kappa shape index (κ1) is 21.5. The molecule has 0 aliphatic carbocycles. The van der Waals surface area contributed by atoms with Gasteiger partial charge in [-0.15, -0.1) is 0 Å². The lowest BCUT2D eigenvalue weighted by Crippen LogP contribution is -2.43. The van der Waals surface area contributed by atoms with Gasteiger partial charge in [0.05, 0.1) is 15.2 Å². The van der Waals surface area contributed by atoms with Crippen molar-refractivity contribution in [3.63, 3.8) is 0 Å². The van der Waals surface area contributed by atoms with Crippen LogP contribution in [0.1, 0.15) is 35.7 Å². The van der Waals surface area contributed by atoms with E-state index in [4.69, 9.17) is 9.47 Å². The number of halogens is 2. The Morgan fingerprint density at radius 2 is 1.81 bits per heavy atom. The fraction of sp³-hybridized carbons (Fsp3) is 0.263. The van der Waals surface area contributed by atoms with Gasteiger partial charge in [0.2, 0.25) is 0 Å². The predicted octanol–water partition coefficient (Wildman–Crippen LogP) is 4.03. The highest BCUT2D eigenvalue weighted by Gasteiger charge is 2.11. The number of methoxy groups -OCH3 is 1. The number of hydrazine groups is 1. The van der Waals surface area contributed by atoms with Gasteiger partial charge in [0, 0.05) is 5.56 Å². The lowest BCUT2D eigenvalue weighted by Gasteiger charge is -2.12. The minimum Gasteiger partial charge on any atom is -0.496 e. The Bertz CT molecular complexity index is 842. The number of hydrogen-bond acceptors (Lipinski definition) is 4.